The smallest absolute Gasteiger partial charge is 0.192 e. The number of hydrogen-bond donors (Lipinski definition) is 1. The molecule has 1 aromatic carbocycles. The Morgan fingerprint density at radius 3 is 2.64 bits per heavy atom. The van der Waals surface area contributed by atoms with E-state index in [-0.39, 0.29) is 29.9 Å². The number of ether oxygens (including phenoxy) is 1. The second-order valence-electron chi connectivity index (χ2n) is 5.89. The molecule has 1 saturated heterocycles. The molecule has 120 valence electrons. The molecule has 3 rings (SSSR count). The van der Waals surface area contributed by atoms with Crippen molar-refractivity contribution in [2.45, 2.75) is 38.7 Å². The first-order chi connectivity index (χ1) is 10.1. The molecule has 0 saturated carbocycles. The highest BCUT2D eigenvalue weighted by Crippen LogP contribution is 2.24. The maximum Gasteiger partial charge on any atom is 0.192 e. The number of piperidine rings is 1. The van der Waals surface area contributed by atoms with Crippen LogP contribution < -0.4 is 15.5 Å². The lowest BCUT2D eigenvalue weighted by Crippen LogP contribution is -2.34. The summed E-state index contributed by atoms with van der Waals surface area (Å²) in [4.78, 5) is 12.1. The number of nitrogens with one attached hydrogen (secondary N) is 1. The summed E-state index contributed by atoms with van der Waals surface area (Å²) in [5.41, 5.74) is 0.617. The van der Waals surface area contributed by atoms with Gasteiger partial charge in [-0.1, -0.05) is 13.8 Å². The lowest BCUT2D eigenvalue weighted by atomic mass is 10.1. The van der Waals surface area contributed by atoms with E-state index in [0.29, 0.717) is 16.7 Å². The van der Waals surface area contributed by atoms with Gasteiger partial charge in [-0.3, -0.25) is 4.79 Å². The van der Waals surface area contributed by atoms with E-state index in [1.165, 1.54) is 0 Å². The van der Waals surface area contributed by atoms with Gasteiger partial charge >= 0.3 is 0 Å². The summed E-state index contributed by atoms with van der Waals surface area (Å²) >= 11 is 0. The van der Waals surface area contributed by atoms with Crippen molar-refractivity contribution in [2.24, 2.45) is 0 Å². The van der Waals surface area contributed by atoms with Crippen molar-refractivity contribution >= 4 is 23.4 Å². The Morgan fingerprint density at radius 2 is 1.95 bits per heavy atom. The summed E-state index contributed by atoms with van der Waals surface area (Å²) in [5.74, 6) is 1.68. The van der Waals surface area contributed by atoms with Crippen LogP contribution >= 0.6 is 12.4 Å². The number of halogens is 1. The highest BCUT2D eigenvalue weighted by Gasteiger charge is 2.15. The molecule has 0 aliphatic carbocycles. The SMILES string of the molecule is CC(C)c1cc(=O)c2ccc(OC3CCNCC3)cc2o1.Cl. The molecule has 1 fully saturated rings. The zero-order chi connectivity index (χ0) is 14.8. The van der Waals surface area contributed by atoms with Crippen LogP contribution in [0.2, 0.25) is 0 Å². The predicted molar refractivity (Wildman–Crippen MR) is 90.3 cm³/mol. The number of rotatable bonds is 3. The van der Waals surface area contributed by atoms with E-state index in [9.17, 15) is 4.79 Å². The van der Waals surface area contributed by atoms with Crippen molar-refractivity contribution < 1.29 is 9.15 Å². The van der Waals surface area contributed by atoms with Crippen molar-refractivity contribution in [3.05, 3.63) is 40.2 Å². The van der Waals surface area contributed by atoms with Crippen LogP contribution in [0.25, 0.3) is 11.0 Å². The summed E-state index contributed by atoms with van der Waals surface area (Å²) in [6, 6.07) is 7.07. The van der Waals surface area contributed by atoms with Crippen LogP contribution in [0.1, 0.15) is 38.4 Å². The molecule has 0 bridgehead atoms. The molecule has 0 atom stereocenters. The fraction of sp³-hybridized carbons (Fsp3) is 0.471. The fourth-order valence-corrected chi connectivity index (χ4v) is 2.62. The minimum Gasteiger partial charge on any atom is -0.490 e. The van der Waals surface area contributed by atoms with Gasteiger partial charge in [0.2, 0.25) is 0 Å². The van der Waals surface area contributed by atoms with Gasteiger partial charge in [-0.2, -0.15) is 0 Å². The Balaban J connectivity index is 0.00000176. The van der Waals surface area contributed by atoms with Gasteiger partial charge in [-0.15, -0.1) is 12.4 Å². The van der Waals surface area contributed by atoms with Crippen LogP contribution in [0, 0.1) is 0 Å². The molecule has 1 aromatic heterocycles. The highest BCUT2D eigenvalue weighted by atomic mass is 35.5. The molecular weight excluding hydrogens is 302 g/mol. The van der Waals surface area contributed by atoms with Crippen LogP contribution in [-0.4, -0.2) is 19.2 Å². The quantitative estimate of drug-likeness (QED) is 0.939. The minimum atomic E-state index is 0. The molecule has 1 aliphatic rings. The summed E-state index contributed by atoms with van der Waals surface area (Å²) in [6.07, 6.45) is 2.26. The van der Waals surface area contributed by atoms with Gasteiger partial charge in [0, 0.05) is 18.1 Å². The number of benzene rings is 1. The first-order valence-electron chi connectivity index (χ1n) is 7.58. The fourth-order valence-electron chi connectivity index (χ4n) is 2.62. The van der Waals surface area contributed by atoms with Gasteiger partial charge < -0.3 is 14.5 Å². The van der Waals surface area contributed by atoms with Crippen molar-refractivity contribution in [3.8, 4) is 5.75 Å². The highest BCUT2D eigenvalue weighted by molar-refractivity contribution is 5.85. The van der Waals surface area contributed by atoms with E-state index >= 15 is 0 Å². The van der Waals surface area contributed by atoms with E-state index in [0.717, 1.165) is 31.7 Å². The third-order valence-corrected chi connectivity index (χ3v) is 3.88. The molecule has 5 heteroatoms. The molecule has 22 heavy (non-hydrogen) atoms. The molecule has 1 N–H and O–H groups in total. The average Bonchev–Trinajstić information content (AvgIpc) is 2.48. The van der Waals surface area contributed by atoms with Crippen LogP contribution in [0.15, 0.2) is 33.5 Å². The Kier molecular flexibility index (Phi) is 5.48. The second-order valence-corrected chi connectivity index (χ2v) is 5.89. The van der Waals surface area contributed by atoms with Crippen LogP contribution in [0.4, 0.5) is 0 Å². The van der Waals surface area contributed by atoms with E-state index in [1.54, 1.807) is 12.1 Å². The number of fused-ring (bicyclic) bond motifs is 1. The Bertz CT molecular complexity index is 690. The summed E-state index contributed by atoms with van der Waals surface area (Å²) in [5, 5.41) is 3.93. The summed E-state index contributed by atoms with van der Waals surface area (Å²) < 4.78 is 11.8. The largest absolute Gasteiger partial charge is 0.490 e. The summed E-state index contributed by atoms with van der Waals surface area (Å²) in [6.45, 7) is 6.01. The predicted octanol–water partition coefficient (Wildman–Crippen LogP) is 3.47. The molecule has 2 aromatic rings. The van der Waals surface area contributed by atoms with E-state index in [4.69, 9.17) is 9.15 Å². The molecular formula is C17H22ClNO3. The number of hydrogen-bond acceptors (Lipinski definition) is 4. The maximum atomic E-state index is 12.1. The van der Waals surface area contributed by atoms with Gasteiger partial charge in [0.25, 0.3) is 0 Å². The lowest BCUT2D eigenvalue weighted by molar-refractivity contribution is 0.162. The minimum absolute atomic E-state index is 0. The molecule has 0 spiro atoms. The van der Waals surface area contributed by atoms with Crippen molar-refractivity contribution in [3.63, 3.8) is 0 Å². The molecule has 1 aliphatic heterocycles. The zero-order valence-corrected chi connectivity index (χ0v) is 13.7. The Morgan fingerprint density at radius 1 is 1.23 bits per heavy atom. The Hall–Kier alpha value is -1.52. The standard InChI is InChI=1S/C17H21NO3.ClH/c1-11(2)16-10-15(19)14-4-3-13(9-17(14)21-16)20-12-5-7-18-8-6-12;/h3-4,9-12,18H,5-8H2,1-2H3;1H. The first kappa shape index (κ1) is 16.8. The average molecular weight is 324 g/mol. The normalized spacial score (nSPS) is 15.8. The van der Waals surface area contributed by atoms with Crippen molar-refractivity contribution in [1.29, 1.82) is 0 Å². The molecule has 0 radical (unpaired) electrons. The van der Waals surface area contributed by atoms with Gasteiger partial charge in [0.05, 0.1) is 5.39 Å². The molecule has 4 nitrogen and oxygen atoms in total. The maximum absolute atomic E-state index is 12.1. The van der Waals surface area contributed by atoms with E-state index in [1.807, 2.05) is 26.0 Å². The van der Waals surface area contributed by atoms with E-state index < -0.39 is 0 Å². The zero-order valence-electron chi connectivity index (χ0n) is 12.9. The lowest BCUT2D eigenvalue weighted by Gasteiger charge is -2.23. The first-order valence-corrected chi connectivity index (χ1v) is 7.58. The van der Waals surface area contributed by atoms with Gasteiger partial charge in [-0.05, 0) is 38.1 Å². The van der Waals surface area contributed by atoms with Gasteiger partial charge in [0.15, 0.2) is 5.43 Å². The van der Waals surface area contributed by atoms with Crippen molar-refractivity contribution in [1.82, 2.24) is 5.32 Å². The van der Waals surface area contributed by atoms with Crippen LogP contribution in [0.3, 0.4) is 0 Å². The third kappa shape index (κ3) is 3.62. The monoisotopic (exact) mass is 323 g/mol. The van der Waals surface area contributed by atoms with Gasteiger partial charge in [0.1, 0.15) is 23.2 Å². The van der Waals surface area contributed by atoms with Crippen molar-refractivity contribution in [2.75, 3.05) is 13.1 Å². The topological polar surface area (TPSA) is 51.5 Å². The Labute approximate surface area is 136 Å². The second kappa shape index (κ2) is 7.16. The van der Waals surface area contributed by atoms with Gasteiger partial charge in [-0.25, -0.2) is 0 Å². The van der Waals surface area contributed by atoms with E-state index in [2.05, 4.69) is 5.32 Å². The summed E-state index contributed by atoms with van der Waals surface area (Å²) in [7, 11) is 0. The molecule has 0 amide bonds. The van der Waals surface area contributed by atoms with Crippen LogP contribution in [-0.2, 0) is 0 Å². The van der Waals surface area contributed by atoms with Crippen LogP contribution in [0.5, 0.6) is 5.75 Å². The molecule has 0 unspecified atom stereocenters. The molecule has 2 heterocycles. The third-order valence-electron chi connectivity index (χ3n) is 3.88.